The van der Waals surface area contributed by atoms with E-state index in [1.54, 1.807) is 12.1 Å². The van der Waals surface area contributed by atoms with Crippen molar-refractivity contribution in [3.63, 3.8) is 0 Å². The quantitative estimate of drug-likeness (QED) is 0.661. The highest BCUT2D eigenvalue weighted by Crippen LogP contribution is 2.36. The number of carbonyl (C=O) groups excluding carboxylic acids is 1. The van der Waals surface area contributed by atoms with Crippen LogP contribution >= 0.6 is 0 Å². The van der Waals surface area contributed by atoms with E-state index in [-0.39, 0.29) is 5.56 Å². The molecular formula is C15H8F4N4O2. The third-order valence-electron chi connectivity index (χ3n) is 3.33. The molecule has 6 nitrogen and oxygen atoms in total. The van der Waals surface area contributed by atoms with Gasteiger partial charge in [0.15, 0.2) is 11.5 Å². The van der Waals surface area contributed by atoms with Gasteiger partial charge in [-0.1, -0.05) is 0 Å². The van der Waals surface area contributed by atoms with Crippen LogP contribution in [-0.2, 0) is 10.9 Å². The molecule has 1 aromatic heterocycles. The summed E-state index contributed by atoms with van der Waals surface area (Å²) in [6.45, 7) is 0. The number of benzene rings is 1. The number of nitrogens with two attached hydrogens (primary N) is 1. The summed E-state index contributed by atoms with van der Waals surface area (Å²) >= 11 is 0. The minimum Gasteiger partial charge on any atom is -0.464 e. The van der Waals surface area contributed by atoms with Crippen LogP contribution in [0.4, 0.5) is 23.2 Å². The molecule has 1 aromatic carbocycles. The minimum atomic E-state index is -5.03. The first kappa shape index (κ1) is 17.8. The Labute approximate surface area is 138 Å². The Morgan fingerprint density at radius 2 is 1.84 bits per heavy atom. The molecule has 0 fully saturated rings. The second-order valence-corrected chi connectivity index (χ2v) is 4.71. The number of hydrogen-bond acceptors (Lipinski definition) is 5. The summed E-state index contributed by atoms with van der Waals surface area (Å²) in [6, 6.07) is 4.33. The number of methoxy groups -OCH3 is 1. The maximum atomic E-state index is 14.5. The zero-order chi connectivity index (χ0) is 18.9. The topological polar surface area (TPSA) is 105 Å². The van der Waals surface area contributed by atoms with Crippen molar-refractivity contribution >= 4 is 11.7 Å². The zero-order valence-corrected chi connectivity index (χ0v) is 12.5. The van der Waals surface area contributed by atoms with Crippen molar-refractivity contribution in [1.82, 2.24) is 4.57 Å². The number of nitriles is 2. The van der Waals surface area contributed by atoms with Crippen LogP contribution in [0, 0.1) is 28.5 Å². The number of aromatic nitrogens is 1. The molecule has 0 amide bonds. The van der Waals surface area contributed by atoms with E-state index in [1.807, 2.05) is 0 Å². The van der Waals surface area contributed by atoms with Gasteiger partial charge in [0.05, 0.1) is 29.5 Å². The predicted molar refractivity (Wildman–Crippen MR) is 75.9 cm³/mol. The highest BCUT2D eigenvalue weighted by Gasteiger charge is 2.37. The number of halogens is 4. The molecule has 0 atom stereocenters. The summed E-state index contributed by atoms with van der Waals surface area (Å²) < 4.78 is 58.5. The van der Waals surface area contributed by atoms with Gasteiger partial charge in [-0.3, -0.25) is 0 Å². The lowest BCUT2D eigenvalue weighted by Gasteiger charge is -2.15. The highest BCUT2D eigenvalue weighted by atomic mass is 19.4. The van der Waals surface area contributed by atoms with Gasteiger partial charge in [-0.15, -0.1) is 0 Å². The number of rotatable bonds is 2. The van der Waals surface area contributed by atoms with Gasteiger partial charge in [0.1, 0.15) is 17.8 Å². The molecule has 0 spiro atoms. The molecule has 0 saturated carbocycles. The van der Waals surface area contributed by atoms with Gasteiger partial charge in [-0.05, 0) is 12.1 Å². The first-order chi connectivity index (χ1) is 11.7. The van der Waals surface area contributed by atoms with E-state index in [9.17, 15) is 22.4 Å². The van der Waals surface area contributed by atoms with Gasteiger partial charge < -0.3 is 15.0 Å². The number of ether oxygens (including phenoxy) is 1. The zero-order valence-electron chi connectivity index (χ0n) is 12.5. The van der Waals surface area contributed by atoms with E-state index in [0.29, 0.717) is 10.6 Å². The molecule has 25 heavy (non-hydrogen) atoms. The van der Waals surface area contributed by atoms with Gasteiger partial charge in [0, 0.05) is 6.20 Å². The SMILES string of the molecule is COC(=O)c1c(N)c(C#N)cn1-c1c(C#N)ccc(C(F)(F)F)c1F. The Hall–Kier alpha value is -3.53. The van der Waals surface area contributed by atoms with E-state index >= 15 is 0 Å². The fraction of sp³-hybridized carbons (Fsp3) is 0.133. The van der Waals surface area contributed by atoms with E-state index in [2.05, 4.69) is 4.74 Å². The fourth-order valence-electron chi connectivity index (χ4n) is 2.20. The monoisotopic (exact) mass is 352 g/mol. The lowest BCUT2D eigenvalue weighted by molar-refractivity contribution is -0.140. The van der Waals surface area contributed by atoms with E-state index in [4.69, 9.17) is 16.3 Å². The van der Waals surface area contributed by atoms with Gasteiger partial charge in [0.25, 0.3) is 0 Å². The van der Waals surface area contributed by atoms with E-state index < -0.39 is 46.2 Å². The van der Waals surface area contributed by atoms with Gasteiger partial charge in [-0.25, -0.2) is 9.18 Å². The second-order valence-electron chi connectivity index (χ2n) is 4.71. The third kappa shape index (κ3) is 2.85. The highest BCUT2D eigenvalue weighted by molar-refractivity contribution is 5.96. The number of alkyl halides is 3. The van der Waals surface area contributed by atoms with Crippen molar-refractivity contribution in [3.05, 3.63) is 46.5 Å². The number of nitrogens with zero attached hydrogens (tertiary/aromatic N) is 3. The average molecular weight is 352 g/mol. The molecule has 0 aliphatic heterocycles. The maximum Gasteiger partial charge on any atom is 0.419 e. The molecule has 0 aliphatic rings. The molecule has 1 heterocycles. The van der Waals surface area contributed by atoms with E-state index in [1.165, 1.54) is 0 Å². The normalized spacial score (nSPS) is 10.8. The van der Waals surface area contributed by atoms with Crippen molar-refractivity contribution in [1.29, 1.82) is 10.5 Å². The Balaban J connectivity index is 2.95. The lowest BCUT2D eigenvalue weighted by atomic mass is 10.1. The molecule has 0 unspecified atom stereocenters. The van der Waals surface area contributed by atoms with Crippen molar-refractivity contribution < 1.29 is 27.1 Å². The minimum absolute atomic E-state index is 0.291. The average Bonchev–Trinajstić information content (AvgIpc) is 2.88. The second kappa shape index (κ2) is 6.17. The molecule has 128 valence electrons. The first-order valence-corrected chi connectivity index (χ1v) is 6.46. The molecular weight excluding hydrogens is 344 g/mol. The molecule has 0 aliphatic carbocycles. The van der Waals surface area contributed by atoms with Crippen molar-refractivity contribution in [2.75, 3.05) is 12.8 Å². The van der Waals surface area contributed by atoms with Gasteiger partial charge in [-0.2, -0.15) is 23.7 Å². The van der Waals surface area contributed by atoms with E-state index in [0.717, 1.165) is 19.4 Å². The molecule has 0 radical (unpaired) electrons. The number of hydrogen-bond donors (Lipinski definition) is 1. The third-order valence-corrected chi connectivity index (χ3v) is 3.33. The van der Waals surface area contributed by atoms with Crippen LogP contribution in [0.15, 0.2) is 18.3 Å². The molecule has 2 aromatic rings. The van der Waals surface area contributed by atoms with Crippen molar-refractivity contribution in [2.24, 2.45) is 0 Å². The summed E-state index contributed by atoms with van der Waals surface area (Å²) in [7, 11) is 0.971. The molecule has 0 bridgehead atoms. The Morgan fingerprint density at radius 1 is 1.24 bits per heavy atom. The fourth-order valence-corrected chi connectivity index (χ4v) is 2.20. The summed E-state index contributed by atoms with van der Waals surface area (Å²) in [6.07, 6.45) is -4.17. The molecule has 2 rings (SSSR count). The van der Waals surface area contributed by atoms with Gasteiger partial charge >= 0.3 is 12.1 Å². The van der Waals surface area contributed by atoms with Crippen LogP contribution in [0.1, 0.15) is 27.2 Å². The maximum absolute atomic E-state index is 14.5. The van der Waals surface area contributed by atoms with Crippen LogP contribution < -0.4 is 5.73 Å². The Morgan fingerprint density at radius 3 is 2.32 bits per heavy atom. The van der Waals surface area contributed by atoms with Crippen LogP contribution in [0.25, 0.3) is 5.69 Å². The lowest BCUT2D eigenvalue weighted by Crippen LogP contribution is -2.16. The number of esters is 1. The summed E-state index contributed by atoms with van der Waals surface area (Å²) in [5, 5.41) is 18.1. The summed E-state index contributed by atoms with van der Waals surface area (Å²) in [5.41, 5.74) is 1.38. The van der Waals surface area contributed by atoms with Crippen LogP contribution in [-0.4, -0.2) is 17.6 Å². The smallest absolute Gasteiger partial charge is 0.419 e. The Kier molecular flexibility index (Phi) is 4.40. The summed E-state index contributed by atoms with van der Waals surface area (Å²) in [4.78, 5) is 11.9. The summed E-state index contributed by atoms with van der Waals surface area (Å²) in [5.74, 6) is -2.89. The molecule has 0 saturated heterocycles. The number of carbonyl (C=O) groups is 1. The molecule has 10 heteroatoms. The largest absolute Gasteiger partial charge is 0.464 e. The van der Waals surface area contributed by atoms with Crippen LogP contribution in [0.5, 0.6) is 0 Å². The standard InChI is InChI=1S/C15H8F4N4O2/c1-25-14(24)13-11(22)8(5-21)6-23(13)12-7(4-20)2-3-9(10(12)16)15(17,18)19/h2-3,6H,22H2,1H3. The van der Waals surface area contributed by atoms with Crippen LogP contribution in [0.3, 0.4) is 0 Å². The van der Waals surface area contributed by atoms with Crippen molar-refractivity contribution in [2.45, 2.75) is 6.18 Å². The number of nitrogen functional groups attached to an aromatic ring is 1. The number of anilines is 1. The predicted octanol–water partition coefficient (Wildman–Crippen LogP) is 2.75. The van der Waals surface area contributed by atoms with Crippen LogP contribution in [0.2, 0.25) is 0 Å². The van der Waals surface area contributed by atoms with Gasteiger partial charge in [0.2, 0.25) is 0 Å². The Bertz CT molecular complexity index is 948. The first-order valence-electron chi connectivity index (χ1n) is 6.46. The molecule has 2 N–H and O–H groups in total. The van der Waals surface area contributed by atoms with Crippen molar-refractivity contribution in [3.8, 4) is 17.8 Å².